The number of carbonyl (C=O) groups excluding carboxylic acids is 4. The second-order valence-corrected chi connectivity index (χ2v) is 5.91. The van der Waals surface area contributed by atoms with Crippen LogP contribution in [0.5, 0.6) is 0 Å². The highest BCUT2D eigenvalue weighted by atomic mass is 16.2. The van der Waals surface area contributed by atoms with Gasteiger partial charge in [-0.05, 0) is 38.2 Å². The molecule has 2 aliphatic rings. The molecule has 0 unspecified atom stereocenters. The average Bonchev–Trinajstić information content (AvgIpc) is 3.26. The van der Waals surface area contributed by atoms with Crippen LogP contribution in [0.4, 0.5) is 0 Å². The highest BCUT2D eigenvalue weighted by molar-refractivity contribution is 6.35. The van der Waals surface area contributed by atoms with E-state index >= 15 is 0 Å². The molecule has 0 radical (unpaired) electrons. The average molecular weight is 318 g/mol. The number of H-pyrrole nitrogens is 1. The Morgan fingerprint density at radius 3 is 2.48 bits per heavy atom. The van der Waals surface area contributed by atoms with Crippen LogP contribution >= 0.6 is 0 Å². The number of rotatable bonds is 2. The molecule has 0 aromatic carbocycles. The monoisotopic (exact) mass is 318 g/mol. The van der Waals surface area contributed by atoms with E-state index in [2.05, 4.69) is 21.2 Å². The minimum Gasteiger partial charge on any atom is -0.354 e. The quantitative estimate of drug-likeness (QED) is 0.449. The second kappa shape index (κ2) is 5.86. The summed E-state index contributed by atoms with van der Waals surface area (Å²) in [5.41, 5.74) is 6.39. The molecule has 0 spiro atoms. The zero-order chi connectivity index (χ0) is 16.6. The minimum absolute atomic E-state index is 0.0203. The molecule has 8 heteroatoms. The van der Waals surface area contributed by atoms with E-state index in [0.29, 0.717) is 24.0 Å². The number of aryl methyl sites for hydroxylation is 1. The molecule has 2 aliphatic carbocycles. The molecule has 1 aromatic heterocycles. The summed E-state index contributed by atoms with van der Waals surface area (Å²) in [6, 6.07) is 0.0624. The first-order valence-corrected chi connectivity index (χ1v) is 7.63. The van der Waals surface area contributed by atoms with Crippen molar-refractivity contribution in [1.29, 1.82) is 0 Å². The molecule has 0 atom stereocenters. The topological polar surface area (TPSA) is 120 Å². The summed E-state index contributed by atoms with van der Waals surface area (Å²) in [6.45, 7) is 1.69. The smallest absolute Gasteiger partial charge is 0.327 e. The lowest BCUT2D eigenvalue weighted by molar-refractivity contribution is -0.139. The standard InChI is InChI=1S/C15H18N4O4/c1-7-11-9(3-2-4-10(11)20)17-12(7)13(21)18-19-15(23)14(22)16-8-5-6-8/h8,17H,2-6H2,1H3,(H,16,22)(H,18,21)(H,19,23). The molecular weight excluding hydrogens is 300 g/mol. The molecule has 122 valence electrons. The van der Waals surface area contributed by atoms with E-state index in [1.165, 1.54) is 0 Å². The summed E-state index contributed by atoms with van der Waals surface area (Å²) >= 11 is 0. The van der Waals surface area contributed by atoms with Gasteiger partial charge in [0.25, 0.3) is 5.91 Å². The highest BCUT2D eigenvalue weighted by Crippen LogP contribution is 2.26. The fourth-order valence-electron chi connectivity index (χ4n) is 2.71. The van der Waals surface area contributed by atoms with Crippen LogP contribution in [0, 0.1) is 6.92 Å². The van der Waals surface area contributed by atoms with Gasteiger partial charge in [0.05, 0.1) is 0 Å². The number of amides is 3. The van der Waals surface area contributed by atoms with Crippen molar-refractivity contribution in [3.8, 4) is 0 Å². The Kier molecular flexibility index (Phi) is 3.89. The molecule has 1 heterocycles. The molecule has 0 saturated heterocycles. The van der Waals surface area contributed by atoms with E-state index in [1.807, 2.05) is 0 Å². The Balaban J connectivity index is 1.63. The zero-order valence-electron chi connectivity index (χ0n) is 12.7. The zero-order valence-corrected chi connectivity index (χ0v) is 12.7. The lowest BCUT2D eigenvalue weighted by Crippen LogP contribution is -2.49. The minimum atomic E-state index is -0.921. The van der Waals surface area contributed by atoms with Gasteiger partial charge in [0.15, 0.2) is 5.78 Å². The number of hydrazine groups is 1. The van der Waals surface area contributed by atoms with Gasteiger partial charge < -0.3 is 10.3 Å². The van der Waals surface area contributed by atoms with E-state index in [9.17, 15) is 19.2 Å². The van der Waals surface area contributed by atoms with Crippen LogP contribution in [0.2, 0.25) is 0 Å². The third-order valence-corrected chi connectivity index (χ3v) is 4.07. The molecule has 0 bridgehead atoms. The normalized spacial score (nSPS) is 16.5. The number of hydrogen-bond donors (Lipinski definition) is 4. The van der Waals surface area contributed by atoms with E-state index in [1.54, 1.807) is 6.92 Å². The van der Waals surface area contributed by atoms with Gasteiger partial charge in [-0.15, -0.1) is 0 Å². The molecule has 8 nitrogen and oxygen atoms in total. The first-order valence-electron chi connectivity index (χ1n) is 7.63. The van der Waals surface area contributed by atoms with Gasteiger partial charge in [0.2, 0.25) is 0 Å². The molecule has 23 heavy (non-hydrogen) atoms. The van der Waals surface area contributed by atoms with Gasteiger partial charge in [-0.1, -0.05) is 0 Å². The van der Waals surface area contributed by atoms with Crippen molar-refractivity contribution < 1.29 is 19.2 Å². The Bertz CT molecular complexity index is 703. The maximum atomic E-state index is 12.2. The van der Waals surface area contributed by atoms with Crippen molar-refractivity contribution in [1.82, 2.24) is 21.2 Å². The largest absolute Gasteiger partial charge is 0.354 e. The summed E-state index contributed by atoms with van der Waals surface area (Å²) in [7, 11) is 0. The number of hydrogen-bond acceptors (Lipinski definition) is 4. The fraction of sp³-hybridized carbons (Fsp3) is 0.467. The van der Waals surface area contributed by atoms with Gasteiger partial charge in [0, 0.05) is 23.7 Å². The lowest BCUT2D eigenvalue weighted by atomic mass is 9.94. The molecule has 0 aliphatic heterocycles. The molecule has 3 amide bonds. The van der Waals surface area contributed by atoms with E-state index in [4.69, 9.17) is 0 Å². The molecule has 4 N–H and O–H groups in total. The van der Waals surface area contributed by atoms with Gasteiger partial charge in [-0.25, -0.2) is 0 Å². The summed E-state index contributed by atoms with van der Waals surface area (Å²) in [4.78, 5) is 50.1. The maximum Gasteiger partial charge on any atom is 0.327 e. The first kappa shape index (κ1) is 15.3. The van der Waals surface area contributed by atoms with Crippen molar-refractivity contribution in [2.45, 2.75) is 45.1 Å². The number of nitrogens with one attached hydrogen (secondary N) is 4. The Labute approximate surface area is 132 Å². The Morgan fingerprint density at radius 1 is 1.09 bits per heavy atom. The van der Waals surface area contributed by atoms with Gasteiger partial charge in [-0.3, -0.25) is 30.0 Å². The van der Waals surface area contributed by atoms with Crippen molar-refractivity contribution in [3.63, 3.8) is 0 Å². The third kappa shape index (κ3) is 3.10. The number of carbonyl (C=O) groups is 4. The van der Waals surface area contributed by atoms with Crippen molar-refractivity contribution in [2.75, 3.05) is 0 Å². The van der Waals surface area contributed by atoms with Crippen molar-refractivity contribution in [2.24, 2.45) is 0 Å². The molecule has 1 aromatic rings. The lowest BCUT2D eigenvalue weighted by Gasteiger charge is -2.09. The fourth-order valence-corrected chi connectivity index (χ4v) is 2.71. The predicted molar refractivity (Wildman–Crippen MR) is 79.6 cm³/mol. The summed E-state index contributed by atoms with van der Waals surface area (Å²) in [5.74, 6) is -2.26. The summed E-state index contributed by atoms with van der Waals surface area (Å²) < 4.78 is 0. The van der Waals surface area contributed by atoms with Crippen LogP contribution in [0.15, 0.2) is 0 Å². The molecule has 1 saturated carbocycles. The maximum absolute atomic E-state index is 12.2. The first-order chi connectivity index (χ1) is 11.0. The highest BCUT2D eigenvalue weighted by Gasteiger charge is 2.28. The second-order valence-electron chi connectivity index (χ2n) is 5.91. The summed E-state index contributed by atoms with van der Waals surface area (Å²) in [6.07, 6.45) is 3.68. The van der Waals surface area contributed by atoms with Gasteiger partial charge in [0.1, 0.15) is 5.69 Å². The SMILES string of the molecule is Cc1c(C(=O)NNC(=O)C(=O)NC2CC2)[nH]c2c1C(=O)CCC2. The van der Waals surface area contributed by atoms with Gasteiger partial charge >= 0.3 is 11.8 Å². The Morgan fingerprint density at radius 2 is 1.83 bits per heavy atom. The number of aromatic amines is 1. The van der Waals surface area contributed by atoms with Crippen LogP contribution < -0.4 is 16.2 Å². The molecular formula is C15H18N4O4. The summed E-state index contributed by atoms with van der Waals surface area (Å²) in [5, 5.41) is 2.52. The van der Waals surface area contributed by atoms with Crippen molar-refractivity contribution in [3.05, 3.63) is 22.5 Å². The van der Waals surface area contributed by atoms with Crippen LogP contribution in [0.1, 0.15) is 57.8 Å². The van der Waals surface area contributed by atoms with E-state index in [0.717, 1.165) is 25.0 Å². The van der Waals surface area contributed by atoms with Crippen LogP contribution in [0.25, 0.3) is 0 Å². The predicted octanol–water partition coefficient (Wildman–Crippen LogP) is -0.118. The molecule has 1 fully saturated rings. The number of fused-ring (bicyclic) bond motifs is 1. The third-order valence-electron chi connectivity index (χ3n) is 4.07. The van der Waals surface area contributed by atoms with Crippen LogP contribution in [0.3, 0.4) is 0 Å². The van der Waals surface area contributed by atoms with Gasteiger partial charge in [-0.2, -0.15) is 0 Å². The van der Waals surface area contributed by atoms with E-state index in [-0.39, 0.29) is 17.5 Å². The van der Waals surface area contributed by atoms with E-state index < -0.39 is 17.7 Å². The Hall–Kier alpha value is -2.64. The number of ketones is 1. The molecule has 3 rings (SSSR count). The number of aromatic nitrogens is 1. The van der Waals surface area contributed by atoms with Crippen LogP contribution in [-0.2, 0) is 16.0 Å². The number of Topliss-reactive ketones (excluding diaryl/α,β-unsaturated/α-hetero) is 1. The van der Waals surface area contributed by atoms with Crippen LogP contribution in [-0.4, -0.2) is 34.5 Å². The van der Waals surface area contributed by atoms with Crippen molar-refractivity contribution >= 4 is 23.5 Å².